The van der Waals surface area contributed by atoms with Crippen molar-refractivity contribution in [3.05, 3.63) is 64.4 Å². The van der Waals surface area contributed by atoms with Gasteiger partial charge in [-0.2, -0.15) is 5.26 Å². The van der Waals surface area contributed by atoms with Gasteiger partial charge in [-0.15, -0.1) is 0 Å². The lowest BCUT2D eigenvalue weighted by Gasteiger charge is -2.23. The monoisotopic (exact) mass is 471 g/mol. The molecule has 1 aliphatic rings. The van der Waals surface area contributed by atoms with Crippen molar-refractivity contribution in [3.63, 3.8) is 0 Å². The van der Waals surface area contributed by atoms with E-state index >= 15 is 0 Å². The van der Waals surface area contributed by atoms with Gasteiger partial charge in [-0.1, -0.05) is 11.6 Å². The van der Waals surface area contributed by atoms with E-state index in [0.717, 1.165) is 25.5 Å². The third-order valence-electron chi connectivity index (χ3n) is 5.41. The molecule has 2 N–H and O–H groups in total. The first-order chi connectivity index (χ1) is 15.9. The van der Waals surface area contributed by atoms with Gasteiger partial charge in [0.1, 0.15) is 22.9 Å². The summed E-state index contributed by atoms with van der Waals surface area (Å²) in [5, 5.41) is 15.1. The number of nitrogens with one attached hydrogen (secondary N) is 2. The number of nitriles is 1. The van der Waals surface area contributed by atoms with Crippen LogP contribution in [-0.4, -0.2) is 41.7 Å². The van der Waals surface area contributed by atoms with E-state index in [4.69, 9.17) is 21.6 Å². The Morgan fingerprint density at radius 3 is 2.76 bits per heavy atom. The van der Waals surface area contributed by atoms with Gasteiger partial charge in [0.15, 0.2) is 17.3 Å². The standard InChI is InChI=1S/C23H20ClF2N5O2/c1-33-19-7-6-16(10-18(19)26)31-21(24)20(23(32)29-15-3-2-8-28-12-15)30-22(31)13-4-5-14(11-27)17(25)9-13/h4-7,9-10,15,28H,2-3,8,12H2,1H3,(H,29,32)/t15-/m1/s1. The Hall–Kier alpha value is -3.48. The minimum atomic E-state index is -0.749. The van der Waals surface area contributed by atoms with E-state index in [1.165, 1.54) is 35.9 Å². The molecule has 1 atom stereocenters. The van der Waals surface area contributed by atoms with Gasteiger partial charge in [-0.05, 0) is 49.7 Å². The quantitative estimate of drug-likeness (QED) is 0.590. The average Bonchev–Trinajstić information content (AvgIpc) is 3.16. The van der Waals surface area contributed by atoms with Gasteiger partial charge in [0.2, 0.25) is 0 Å². The maximum absolute atomic E-state index is 14.5. The topological polar surface area (TPSA) is 92.0 Å². The maximum Gasteiger partial charge on any atom is 0.273 e. The lowest BCUT2D eigenvalue weighted by atomic mass is 10.1. The van der Waals surface area contributed by atoms with Crippen LogP contribution in [0.1, 0.15) is 28.9 Å². The highest BCUT2D eigenvalue weighted by Gasteiger charge is 2.26. The van der Waals surface area contributed by atoms with Gasteiger partial charge < -0.3 is 15.4 Å². The van der Waals surface area contributed by atoms with Crippen LogP contribution >= 0.6 is 11.6 Å². The van der Waals surface area contributed by atoms with Crippen LogP contribution in [0.3, 0.4) is 0 Å². The fraction of sp³-hybridized carbons (Fsp3) is 0.261. The minimum absolute atomic E-state index is 0.0312. The first-order valence-corrected chi connectivity index (χ1v) is 10.6. The molecule has 0 unspecified atom stereocenters. The second kappa shape index (κ2) is 9.57. The second-order valence-electron chi connectivity index (χ2n) is 7.55. The molecule has 0 aliphatic carbocycles. The zero-order valence-corrected chi connectivity index (χ0v) is 18.4. The molecule has 0 saturated carbocycles. The fourth-order valence-electron chi connectivity index (χ4n) is 3.74. The molecule has 170 valence electrons. The van der Waals surface area contributed by atoms with E-state index in [9.17, 15) is 13.6 Å². The van der Waals surface area contributed by atoms with Crippen LogP contribution in [-0.2, 0) is 0 Å². The Bertz CT molecular complexity index is 1250. The second-order valence-corrected chi connectivity index (χ2v) is 7.91. The molecule has 1 aliphatic heterocycles. The van der Waals surface area contributed by atoms with Crippen molar-refractivity contribution < 1.29 is 18.3 Å². The molecule has 1 saturated heterocycles. The summed E-state index contributed by atoms with van der Waals surface area (Å²) in [6, 6.07) is 9.74. The highest BCUT2D eigenvalue weighted by atomic mass is 35.5. The van der Waals surface area contributed by atoms with Crippen LogP contribution in [0, 0.1) is 23.0 Å². The molecule has 33 heavy (non-hydrogen) atoms. The van der Waals surface area contributed by atoms with Crippen molar-refractivity contribution in [1.29, 1.82) is 5.26 Å². The van der Waals surface area contributed by atoms with Crippen molar-refractivity contribution in [1.82, 2.24) is 20.2 Å². The van der Waals surface area contributed by atoms with Gasteiger partial charge in [-0.3, -0.25) is 9.36 Å². The van der Waals surface area contributed by atoms with Crippen LogP contribution in [0.25, 0.3) is 17.1 Å². The van der Waals surface area contributed by atoms with Gasteiger partial charge in [0.05, 0.1) is 18.4 Å². The first kappa shape index (κ1) is 22.7. The first-order valence-electron chi connectivity index (χ1n) is 10.3. The molecule has 2 aromatic carbocycles. The minimum Gasteiger partial charge on any atom is -0.494 e. The third-order valence-corrected chi connectivity index (χ3v) is 5.76. The number of carbonyl (C=O) groups is 1. The number of piperidine rings is 1. The van der Waals surface area contributed by atoms with E-state index in [2.05, 4.69) is 15.6 Å². The Kier molecular flexibility index (Phi) is 6.58. The smallest absolute Gasteiger partial charge is 0.273 e. The zero-order valence-electron chi connectivity index (χ0n) is 17.7. The fourth-order valence-corrected chi connectivity index (χ4v) is 4.05. The van der Waals surface area contributed by atoms with Crippen LogP contribution in [0.4, 0.5) is 8.78 Å². The van der Waals surface area contributed by atoms with Crippen LogP contribution < -0.4 is 15.4 Å². The summed E-state index contributed by atoms with van der Waals surface area (Å²) >= 11 is 6.58. The average molecular weight is 472 g/mol. The molecule has 0 spiro atoms. The number of benzene rings is 2. The summed E-state index contributed by atoms with van der Waals surface area (Å²) in [5.74, 6) is -1.72. The van der Waals surface area contributed by atoms with Gasteiger partial charge in [-0.25, -0.2) is 13.8 Å². The zero-order chi connectivity index (χ0) is 23.5. The number of nitrogens with zero attached hydrogens (tertiary/aromatic N) is 3. The number of imidazole rings is 1. The van der Waals surface area contributed by atoms with Crippen molar-refractivity contribution in [2.24, 2.45) is 0 Å². The molecule has 4 rings (SSSR count). The Labute approximate surface area is 193 Å². The number of aromatic nitrogens is 2. The normalized spacial score (nSPS) is 15.7. The lowest BCUT2D eigenvalue weighted by molar-refractivity contribution is 0.0926. The number of ether oxygens (including phenoxy) is 1. The molecule has 0 radical (unpaired) electrons. The molecule has 1 fully saturated rings. The van der Waals surface area contributed by atoms with Crippen molar-refractivity contribution in [2.45, 2.75) is 18.9 Å². The van der Waals surface area contributed by atoms with E-state index in [-0.39, 0.29) is 45.3 Å². The van der Waals surface area contributed by atoms with Crippen LogP contribution in [0.2, 0.25) is 5.15 Å². The summed E-state index contributed by atoms with van der Waals surface area (Å²) < 4.78 is 35.1. The van der Waals surface area contributed by atoms with Gasteiger partial charge in [0, 0.05) is 24.2 Å². The molecular formula is C23H20ClF2N5O2. The number of hydrogen-bond donors (Lipinski definition) is 2. The maximum atomic E-state index is 14.5. The molecule has 3 aromatic rings. The number of rotatable bonds is 5. The van der Waals surface area contributed by atoms with Crippen LogP contribution in [0.5, 0.6) is 5.75 Å². The number of methoxy groups -OCH3 is 1. The Morgan fingerprint density at radius 1 is 1.30 bits per heavy atom. The molecular weight excluding hydrogens is 452 g/mol. The van der Waals surface area contributed by atoms with E-state index in [0.29, 0.717) is 6.54 Å². The van der Waals surface area contributed by atoms with Crippen LogP contribution in [0.15, 0.2) is 36.4 Å². The van der Waals surface area contributed by atoms with E-state index in [1.807, 2.05) is 0 Å². The largest absolute Gasteiger partial charge is 0.494 e. The molecule has 7 nitrogen and oxygen atoms in total. The van der Waals surface area contributed by atoms with E-state index in [1.54, 1.807) is 12.1 Å². The number of carbonyl (C=O) groups excluding carboxylic acids is 1. The lowest BCUT2D eigenvalue weighted by Crippen LogP contribution is -2.45. The van der Waals surface area contributed by atoms with Crippen molar-refractivity contribution in [2.75, 3.05) is 20.2 Å². The highest BCUT2D eigenvalue weighted by Crippen LogP contribution is 2.32. The summed E-state index contributed by atoms with van der Waals surface area (Å²) in [6.07, 6.45) is 1.74. The number of halogens is 3. The molecule has 1 amide bonds. The molecule has 1 aromatic heterocycles. The van der Waals surface area contributed by atoms with Crippen molar-refractivity contribution >= 4 is 17.5 Å². The summed E-state index contributed by atoms with van der Waals surface area (Å²) in [5.41, 5.74) is 0.325. The SMILES string of the molecule is COc1ccc(-n2c(-c3ccc(C#N)c(F)c3)nc(C(=O)N[C@@H]3CCCNC3)c2Cl)cc1F. The molecule has 0 bridgehead atoms. The highest BCUT2D eigenvalue weighted by molar-refractivity contribution is 6.33. The van der Waals surface area contributed by atoms with E-state index < -0.39 is 17.5 Å². The number of hydrogen-bond acceptors (Lipinski definition) is 5. The summed E-state index contributed by atoms with van der Waals surface area (Å²) in [4.78, 5) is 17.4. The third kappa shape index (κ3) is 4.53. The predicted molar refractivity (Wildman–Crippen MR) is 119 cm³/mol. The molecule has 2 heterocycles. The summed E-state index contributed by atoms with van der Waals surface area (Å²) in [7, 11) is 1.34. The molecule has 10 heteroatoms. The van der Waals surface area contributed by atoms with Gasteiger partial charge in [0.25, 0.3) is 5.91 Å². The summed E-state index contributed by atoms with van der Waals surface area (Å²) in [6.45, 7) is 1.51. The Balaban J connectivity index is 1.82. The predicted octanol–water partition coefficient (Wildman–Crippen LogP) is 3.83. The van der Waals surface area contributed by atoms with Crippen molar-refractivity contribution in [3.8, 4) is 28.9 Å². The van der Waals surface area contributed by atoms with Gasteiger partial charge >= 0.3 is 0 Å². The number of amides is 1. The Morgan fingerprint density at radius 2 is 2.12 bits per heavy atom.